The van der Waals surface area contributed by atoms with Gasteiger partial charge >= 0.3 is 5.97 Å². The number of carboxylic acids is 1. The molecule has 0 amide bonds. The predicted molar refractivity (Wildman–Crippen MR) is 72.6 cm³/mol. The highest BCUT2D eigenvalue weighted by molar-refractivity contribution is 5.93. The summed E-state index contributed by atoms with van der Waals surface area (Å²) in [4.78, 5) is 15.8. The van der Waals surface area contributed by atoms with Crippen LogP contribution in [0.4, 0.5) is 5.82 Å². The summed E-state index contributed by atoms with van der Waals surface area (Å²) in [7, 11) is 0. The molecule has 5 nitrogen and oxygen atoms in total. The monoisotopic (exact) mass is 264 g/mol. The number of carboxylic acid groups (broad SMARTS) is 1. The van der Waals surface area contributed by atoms with Crippen molar-refractivity contribution in [2.24, 2.45) is 5.92 Å². The van der Waals surface area contributed by atoms with Crippen LogP contribution >= 0.6 is 0 Å². The van der Waals surface area contributed by atoms with Crippen molar-refractivity contribution in [1.29, 1.82) is 0 Å². The van der Waals surface area contributed by atoms with Crippen LogP contribution in [0.15, 0.2) is 6.07 Å². The second-order valence-corrected chi connectivity index (χ2v) is 5.17. The molecule has 1 aliphatic rings. The fraction of sp³-hybridized carbons (Fsp3) is 0.571. The van der Waals surface area contributed by atoms with E-state index in [9.17, 15) is 9.90 Å². The molecule has 2 rings (SSSR count). The molecule has 19 heavy (non-hydrogen) atoms. The Bertz CT molecular complexity index is 474. The molecule has 1 aliphatic carbocycles. The average Bonchev–Trinajstić information content (AvgIpc) is 2.43. The molecule has 1 aromatic heterocycles. The number of nitrogens with zero attached hydrogens (tertiary/aromatic N) is 1. The molecule has 0 radical (unpaired) electrons. The first-order chi connectivity index (χ1) is 9.11. The number of rotatable bonds is 5. The Morgan fingerprint density at radius 1 is 1.47 bits per heavy atom. The highest BCUT2D eigenvalue weighted by atomic mass is 16.4. The van der Waals surface area contributed by atoms with E-state index >= 15 is 0 Å². The molecule has 0 aliphatic heterocycles. The number of nitrogens with one attached hydrogen (secondary N) is 1. The van der Waals surface area contributed by atoms with Gasteiger partial charge in [-0.1, -0.05) is 6.92 Å². The van der Waals surface area contributed by atoms with Gasteiger partial charge in [-0.15, -0.1) is 0 Å². The number of carbonyl (C=O) groups is 1. The van der Waals surface area contributed by atoms with Crippen LogP contribution in [-0.2, 0) is 12.8 Å². The summed E-state index contributed by atoms with van der Waals surface area (Å²) in [6.07, 6.45) is 4.04. The van der Waals surface area contributed by atoms with Gasteiger partial charge in [-0.3, -0.25) is 0 Å². The molecule has 1 heterocycles. The lowest BCUT2D eigenvalue weighted by Crippen LogP contribution is -2.19. The Labute approximate surface area is 112 Å². The second kappa shape index (κ2) is 6.02. The summed E-state index contributed by atoms with van der Waals surface area (Å²) in [5, 5.41) is 21.3. The van der Waals surface area contributed by atoms with E-state index in [1.54, 1.807) is 6.07 Å². The molecule has 0 saturated carbocycles. The first kappa shape index (κ1) is 13.8. The van der Waals surface area contributed by atoms with Crippen molar-refractivity contribution >= 4 is 11.8 Å². The van der Waals surface area contributed by atoms with Crippen LogP contribution in [-0.4, -0.2) is 34.3 Å². The first-order valence-corrected chi connectivity index (χ1v) is 6.72. The number of pyridine rings is 1. The van der Waals surface area contributed by atoms with E-state index in [1.165, 1.54) is 0 Å². The number of anilines is 1. The zero-order chi connectivity index (χ0) is 13.8. The average molecular weight is 264 g/mol. The number of fused-ring (bicyclic) bond motifs is 1. The van der Waals surface area contributed by atoms with E-state index in [0.29, 0.717) is 12.4 Å². The van der Waals surface area contributed by atoms with Crippen LogP contribution in [0, 0.1) is 5.92 Å². The zero-order valence-electron chi connectivity index (χ0n) is 11.1. The van der Waals surface area contributed by atoms with Crippen molar-refractivity contribution in [3.05, 3.63) is 22.9 Å². The number of hydrogen-bond donors (Lipinski definition) is 3. The lowest BCUT2D eigenvalue weighted by atomic mass is 9.94. The molecule has 1 unspecified atom stereocenters. The summed E-state index contributed by atoms with van der Waals surface area (Å²) in [6.45, 7) is 2.48. The third-order valence-electron chi connectivity index (χ3n) is 3.46. The third kappa shape index (κ3) is 3.23. The molecule has 0 spiro atoms. The van der Waals surface area contributed by atoms with Gasteiger partial charge in [-0.25, -0.2) is 9.78 Å². The number of hydrogen-bond acceptors (Lipinski definition) is 4. The van der Waals surface area contributed by atoms with Crippen LogP contribution in [0.3, 0.4) is 0 Å². The number of aliphatic hydroxyl groups is 1. The first-order valence-electron chi connectivity index (χ1n) is 6.72. The maximum atomic E-state index is 11.3. The van der Waals surface area contributed by atoms with Crippen LogP contribution in [0.5, 0.6) is 0 Å². The quantitative estimate of drug-likeness (QED) is 0.754. The molecular weight excluding hydrogens is 244 g/mol. The normalized spacial score (nSPS) is 15.7. The smallest absolute Gasteiger partial charge is 0.339 e. The molecular formula is C14H20N2O3. The number of aryl methyl sites for hydroxylation is 2. The Hall–Kier alpha value is -1.62. The van der Waals surface area contributed by atoms with Gasteiger partial charge < -0.3 is 15.5 Å². The van der Waals surface area contributed by atoms with Gasteiger partial charge in [0.25, 0.3) is 0 Å². The molecule has 104 valence electrons. The molecule has 0 saturated heterocycles. The SMILES string of the molecule is CC(CO)CNc1nc2c(cc1C(=O)O)CCCC2. The second-order valence-electron chi connectivity index (χ2n) is 5.17. The van der Waals surface area contributed by atoms with Crippen molar-refractivity contribution in [2.75, 3.05) is 18.5 Å². The molecule has 1 atom stereocenters. The van der Waals surface area contributed by atoms with Crippen LogP contribution in [0.1, 0.15) is 41.4 Å². The van der Waals surface area contributed by atoms with Crippen molar-refractivity contribution < 1.29 is 15.0 Å². The number of aliphatic hydroxyl groups excluding tert-OH is 1. The zero-order valence-corrected chi connectivity index (χ0v) is 11.1. The molecule has 0 fully saturated rings. The highest BCUT2D eigenvalue weighted by Crippen LogP contribution is 2.24. The van der Waals surface area contributed by atoms with Crippen molar-refractivity contribution in [2.45, 2.75) is 32.6 Å². The van der Waals surface area contributed by atoms with Gasteiger partial charge in [0, 0.05) is 18.8 Å². The minimum absolute atomic E-state index is 0.0690. The van der Waals surface area contributed by atoms with E-state index in [1.807, 2.05) is 6.92 Å². The van der Waals surface area contributed by atoms with Gasteiger partial charge in [-0.05, 0) is 43.2 Å². The summed E-state index contributed by atoms with van der Waals surface area (Å²) in [5.41, 5.74) is 2.30. The molecule has 3 N–H and O–H groups in total. The van der Waals surface area contributed by atoms with Gasteiger partial charge in [0.05, 0.1) is 0 Å². The lowest BCUT2D eigenvalue weighted by molar-refractivity contribution is 0.0697. The molecule has 5 heteroatoms. The van der Waals surface area contributed by atoms with Crippen molar-refractivity contribution in [3.63, 3.8) is 0 Å². The maximum Gasteiger partial charge on any atom is 0.339 e. The Balaban J connectivity index is 2.26. The van der Waals surface area contributed by atoms with Gasteiger partial charge in [-0.2, -0.15) is 0 Å². The highest BCUT2D eigenvalue weighted by Gasteiger charge is 2.18. The Morgan fingerprint density at radius 2 is 2.21 bits per heavy atom. The topological polar surface area (TPSA) is 82.5 Å². The number of aromatic carboxylic acids is 1. The van der Waals surface area contributed by atoms with Crippen molar-refractivity contribution in [1.82, 2.24) is 4.98 Å². The fourth-order valence-corrected chi connectivity index (χ4v) is 2.27. The minimum atomic E-state index is -0.958. The third-order valence-corrected chi connectivity index (χ3v) is 3.46. The summed E-state index contributed by atoms with van der Waals surface area (Å²) >= 11 is 0. The Kier molecular flexibility index (Phi) is 4.37. The molecule has 0 bridgehead atoms. The van der Waals surface area contributed by atoms with E-state index < -0.39 is 5.97 Å². The number of aromatic nitrogens is 1. The van der Waals surface area contributed by atoms with Crippen LogP contribution in [0.2, 0.25) is 0 Å². The largest absolute Gasteiger partial charge is 0.478 e. The minimum Gasteiger partial charge on any atom is -0.478 e. The van der Waals surface area contributed by atoms with E-state index in [-0.39, 0.29) is 18.1 Å². The fourth-order valence-electron chi connectivity index (χ4n) is 2.27. The van der Waals surface area contributed by atoms with Gasteiger partial charge in [0.2, 0.25) is 0 Å². The van der Waals surface area contributed by atoms with E-state index in [4.69, 9.17) is 5.11 Å². The van der Waals surface area contributed by atoms with Crippen LogP contribution < -0.4 is 5.32 Å². The molecule has 0 aromatic carbocycles. The summed E-state index contributed by atoms with van der Waals surface area (Å²) < 4.78 is 0. The maximum absolute atomic E-state index is 11.3. The summed E-state index contributed by atoms with van der Waals surface area (Å²) in [5.74, 6) is -0.465. The summed E-state index contributed by atoms with van der Waals surface area (Å²) in [6, 6.07) is 1.75. The van der Waals surface area contributed by atoms with Crippen LogP contribution in [0.25, 0.3) is 0 Å². The van der Waals surface area contributed by atoms with Gasteiger partial charge in [0.1, 0.15) is 11.4 Å². The van der Waals surface area contributed by atoms with Crippen molar-refractivity contribution in [3.8, 4) is 0 Å². The van der Waals surface area contributed by atoms with E-state index in [2.05, 4.69) is 10.3 Å². The lowest BCUT2D eigenvalue weighted by Gasteiger charge is -2.19. The van der Waals surface area contributed by atoms with Gasteiger partial charge in [0.15, 0.2) is 0 Å². The standard InChI is InChI=1S/C14H20N2O3/c1-9(8-17)7-15-13-11(14(18)19)6-10-4-2-3-5-12(10)16-13/h6,9,17H,2-5,7-8H2,1H3,(H,15,16)(H,18,19). The predicted octanol–water partition coefficient (Wildman–Crippen LogP) is 1.70. The Morgan fingerprint density at radius 3 is 2.89 bits per heavy atom. The molecule has 1 aromatic rings. The van der Waals surface area contributed by atoms with E-state index in [0.717, 1.165) is 36.9 Å².